The third-order valence-corrected chi connectivity index (χ3v) is 1.27. The number of aliphatic hydroxyl groups excluding tert-OH is 1. The summed E-state index contributed by atoms with van der Waals surface area (Å²) < 4.78 is 0. The minimum atomic E-state index is -0.0356. The van der Waals surface area contributed by atoms with Crippen LogP contribution in [0, 0.1) is 6.92 Å². The van der Waals surface area contributed by atoms with Crippen molar-refractivity contribution in [3.05, 3.63) is 17.5 Å². The Morgan fingerprint density at radius 3 is 2.90 bits per heavy atom. The molecular formula is C6H9N3O. The highest BCUT2D eigenvalue weighted by molar-refractivity contribution is 5.23. The molecule has 1 heterocycles. The van der Waals surface area contributed by atoms with Gasteiger partial charge in [0.2, 0.25) is 5.95 Å². The standard InChI is InChI=1S/C6H9N3O/c1-4-5(3-10)2-8-6(7)9-4/h2,10H,3H2,1H3,(H2,7,8,9). The lowest BCUT2D eigenvalue weighted by atomic mass is 10.3. The first-order valence-electron chi connectivity index (χ1n) is 2.93. The first kappa shape index (κ1) is 6.95. The number of nitrogens with zero attached hydrogens (tertiary/aromatic N) is 2. The fourth-order valence-corrected chi connectivity index (χ4v) is 0.665. The average Bonchev–Trinajstić information content (AvgIpc) is 1.88. The molecule has 4 heteroatoms. The minimum Gasteiger partial charge on any atom is -0.392 e. The normalized spacial score (nSPS) is 9.80. The maximum absolute atomic E-state index is 8.69. The number of nitrogen functional groups attached to an aromatic ring is 1. The highest BCUT2D eigenvalue weighted by Crippen LogP contribution is 2.03. The third kappa shape index (κ3) is 1.22. The lowest BCUT2D eigenvalue weighted by molar-refractivity contribution is 0.280. The van der Waals surface area contributed by atoms with E-state index in [4.69, 9.17) is 10.8 Å². The maximum Gasteiger partial charge on any atom is 0.220 e. The molecule has 0 radical (unpaired) electrons. The van der Waals surface area contributed by atoms with E-state index in [1.54, 1.807) is 6.92 Å². The van der Waals surface area contributed by atoms with Crippen molar-refractivity contribution < 1.29 is 5.11 Å². The van der Waals surface area contributed by atoms with Crippen LogP contribution in [0.4, 0.5) is 5.95 Å². The van der Waals surface area contributed by atoms with E-state index in [0.29, 0.717) is 5.56 Å². The van der Waals surface area contributed by atoms with Crippen LogP contribution < -0.4 is 5.73 Å². The van der Waals surface area contributed by atoms with Crippen LogP contribution in [0.2, 0.25) is 0 Å². The molecule has 1 aromatic heterocycles. The largest absolute Gasteiger partial charge is 0.392 e. The molecular weight excluding hydrogens is 130 g/mol. The van der Waals surface area contributed by atoms with Crippen LogP contribution in [0.15, 0.2) is 6.20 Å². The third-order valence-electron chi connectivity index (χ3n) is 1.27. The number of anilines is 1. The molecule has 1 aromatic rings. The number of aromatic nitrogens is 2. The quantitative estimate of drug-likeness (QED) is 0.568. The lowest BCUT2D eigenvalue weighted by Crippen LogP contribution is -1.99. The van der Waals surface area contributed by atoms with Gasteiger partial charge in [0.1, 0.15) is 0 Å². The average molecular weight is 139 g/mol. The molecule has 0 aliphatic rings. The molecule has 0 amide bonds. The van der Waals surface area contributed by atoms with Crippen molar-refractivity contribution >= 4 is 5.95 Å². The van der Waals surface area contributed by atoms with Crippen molar-refractivity contribution in [2.45, 2.75) is 13.5 Å². The molecule has 0 unspecified atom stereocenters. The molecule has 0 atom stereocenters. The van der Waals surface area contributed by atoms with Gasteiger partial charge in [0, 0.05) is 17.5 Å². The predicted octanol–water partition coefficient (Wildman–Crippen LogP) is -0.140. The van der Waals surface area contributed by atoms with Gasteiger partial charge in [-0.25, -0.2) is 9.97 Å². The number of aliphatic hydroxyl groups is 1. The van der Waals surface area contributed by atoms with Gasteiger partial charge in [-0.3, -0.25) is 0 Å². The summed E-state index contributed by atoms with van der Waals surface area (Å²) in [6, 6.07) is 0. The second-order valence-corrected chi connectivity index (χ2v) is 2.00. The summed E-state index contributed by atoms with van der Waals surface area (Å²) in [5.74, 6) is 0.245. The maximum atomic E-state index is 8.69. The highest BCUT2D eigenvalue weighted by Gasteiger charge is 1.97. The summed E-state index contributed by atoms with van der Waals surface area (Å²) in [5.41, 5.74) is 6.73. The molecule has 0 aliphatic heterocycles. The zero-order valence-corrected chi connectivity index (χ0v) is 5.70. The smallest absolute Gasteiger partial charge is 0.220 e. The number of rotatable bonds is 1. The Bertz CT molecular complexity index is 236. The van der Waals surface area contributed by atoms with Gasteiger partial charge in [-0.2, -0.15) is 0 Å². The Morgan fingerprint density at radius 1 is 1.70 bits per heavy atom. The Labute approximate surface area is 58.7 Å². The summed E-state index contributed by atoms with van der Waals surface area (Å²) in [7, 11) is 0. The molecule has 0 fully saturated rings. The van der Waals surface area contributed by atoms with Crippen LogP contribution in [-0.4, -0.2) is 15.1 Å². The van der Waals surface area contributed by atoms with Gasteiger partial charge < -0.3 is 10.8 Å². The number of hydrogen-bond donors (Lipinski definition) is 2. The Balaban J connectivity index is 3.07. The molecule has 0 saturated carbocycles. The van der Waals surface area contributed by atoms with E-state index in [1.807, 2.05) is 0 Å². The van der Waals surface area contributed by atoms with Crippen molar-refractivity contribution in [3.8, 4) is 0 Å². The Hall–Kier alpha value is -1.16. The van der Waals surface area contributed by atoms with Crippen molar-refractivity contribution in [1.29, 1.82) is 0 Å². The van der Waals surface area contributed by atoms with E-state index < -0.39 is 0 Å². The fourth-order valence-electron chi connectivity index (χ4n) is 0.665. The number of nitrogens with two attached hydrogens (primary N) is 1. The highest BCUT2D eigenvalue weighted by atomic mass is 16.3. The zero-order chi connectivity index (χ0) is 7.56. The summed E-state index contributed by atoms with van der Waals surface area (Å²) >= 11 is 0. The topological polar surface area (TPSA) is 72.0 Å². The molecule has 4 nitrogen and oxygen atoms in total. The minimum absolute atomic E-state index is 0.0356. The molecule has 1 rings (SSSR count). The zero-order valence-electron chi connectivity index (χ0n) is 5.70. The van der Waals surface area contributed by atoms with Crippen LogP contribution in [0.3, 0.4) is 0 Å². The summed E-state index contributed by atoms with van der Waals surface area (Å²) in [6.07, 6.45) is 1.53. The van der Waals surface area contributed by atoms with Gasteiger partial charge in [-0.05, 0) is 6.92 Å². The molecule has 10 heavy (non-hydrogen) atoms. The lowest BCUT2D eigenvalue weighted by Gasteiger charge is -1.99. The van der Waals surface area contributed by atoms with Gasteiger partial charge in [0.05, 0.1) is 6.61 Å². The molecule has 0 spiro atoms. The molecule has 3 N–H and O–H groups in total. The molecule has 54 valence electrons. The second kappa shape index (κ2) is 2.62. The summed E-state index contributed by atoms with van der Waals surface area (Å²) in [5, 5.41) is 8.69. The van der Waals surface area contributed by atoms with Crippen molar-refractivity contribution in [2.75, 3.05) is 5.73 Å². The molecule has 0 bridgehead atoms. The Kier molecular flexibility index (Phi) is 1.82. The van der Waals surface area contributed by atoms with Gasteiger partial charge in [0.25, 0.3) is 0 Å². The van der Waals surface area contributed by atoms with Crippen LogP contribution in [0.25, 0.3) is 0 Å². The van der Waals surface area contributed by atoms with E-state index >= 15 is 0 Å². The van der Waals surface area contributed by atoms with E-state index in [1.165, 1.54) is 6.20 Å². The van der Waals surface area contributed by atoms with Gasteiger partial charge >= 0.3 is 0 Å². The van der Waals surface area contributed by atoms with E-state index in [9.17, 15) is 0 Å². The number of aryl methyl sites for hydroxylation is 1. The van der Waals surface area contributed by atoms with E-state index in [2.05, 4.69) is 9.97 Å². The van der Waals surface area contributed by atoms with Crippen molar-refractivity contribution in [3.63, 3.8) is 0 Å². The van der Waals surface area contributed by atoms with Crippen LogP contribution in [0.5, 0.6) is 0 Å². The number of hydrogen-bond acceptors (Lipinski definition) is 4. The molecule has 0 aromatic carbocycles. The van der Waals surface area contributed by atoms with Gasteiger partial charge in [-0.1, -0.05) is 0 Å². The fraction of sp³-hybridized carbons (Fsp3) is 0.333. The van der Waals surface area contributed by atoms with Crippen LogP contribution in [-0.2, 0) is 6.61 Å². The van der Waals surface area contributed by atoms with Gasteiger partial charge in [-0.15, -0.1) is 0 Å². The Morgan fingerprint density at radius 2 is 2.40 bits per heavy atom. The first-order valence-corrected chi connectivity index (χ1v) is 2.93. The second-order valence-electron chi connectivity index (χ2n) is 2.00. The van der Waals surface area contributed by atoms with Crippen LogP contribution in [0.1, 0.15) is 11.3 Å². The van der Waals surface area contributed by atoms with Crippen molar-refractivity contribution in [2.24, 2.45) is 0 Å². The van der Waals surface area contributed by atoms with Gasteiger partial charge in [0.15, 0.2) is 0 Å². The summed E-state index contributed by atoms with van der Waals surface area (Å²) in [6.45, 7) is 1.75. The molecule has 0 saturated heterocycles. The first-order chi connectivity index (χ1) is 4.74. The van der Waals surface area contributed by atoms with E-state index in [0.717, 1.165) is 5.69 Å². The molecule has 0 aliphatic carbocycles. The summed E-state index contributed by atoms with van der Waals surface area (Å²) in [4.78, 5) is 7.57. The predicted molar refractivity (Wildman–Crippen MR) is 37.1 cm³/mol. The van der Waals surface area contributed by atoms with Crippen LogP contribution >= 0.6 is 0 Å². The van der Waals surface area contributed by atoms with E-state index in [-0.39, 0.29) is 12.6 Å². The monoisotopic (exact) mass is 139 g/mol. The SMILES string of the molecule is Cc1nc(N)ncc1CO. The van der Waals surface area contributed by atoms with Crippen molar-refractivity contribution in [1.82, 2.24) is 9.97 Å².